The van der Waals surface area contributed by atoms with Gasteiger partial charge in [-0.05, 0) is 41.5 Å². The van der Waals surface area contributed by atoms with Gasteiger partial charge in [0.2, 0.25) is 11.8 Å². The second-order valence-electron chi connectivity index (χ2n) is 7.34. The van der Waals surface area contributed by atoms with Gasteiger partial charge in [0.15, 0.2) is 0 Å². The van der Waals surface area contributed by atoms with E-state index in [1.54, 1.807) is 11.1 Å². The lowest BCUT2D eigenvalue weighted by Crippen LogP contribution is -2.44. The maximum absolute atomic E-state index is 13.4. The number of carbonyl (C=O) groups is 3. The quantitative estimate of drug-likeness (QED) is 0.580. The summed E-state index contributed by atoms with van der Waals surface area (Å²) in [6.45, 7) is 0. The topological polar surface area (TPSA) is 66.9 Å². The lowest BCUT2D eigenvalue weighted by molar-refractivity contribution is -0.148. The number of hydrogen-bond donors (Lipinski definition) is 0. The molecule has 2 saturated heterocycles. The van der Waals surface area contributed by atoms with Crippen molar-refractivity contribution < 1.29 is 23.5 Å². The predicted octanol–water partition coefficient (Wildman–Crippen LogP) is 2.51. The average molecular weight is 392 g/mol. The molecule has 3 heterocycles. The van der Waals surface area contributed by atoms with Crippen molar-refractivity contribution in [1.29, 1.82) is 0 Å². The fraction of sp³-hybridized carbons (Fsp3) is 0.227. The third-order valence-corrected chi connectivity index (χ3v) is 5.99. The molecule has 0 spiro atoms. The van der Waals surface area contributed by atoms with Crippen LogP contribution in [0.3, 0.4) is 0 Å². The first-order valence-electron chi connectivity index (χ1n) is 9.28. The van der Waals surface area contributed by atoms with Crippen LogP contribution < -0.4 is 4.90 Å². The Bertz CT molecular complexity index is 1060. The van der Waals surface area contributed by atoms with Gasteiger partial charge in [-0.1, -0.05) is 24.3 Å². The van der Waals surface area contributed by atoms with Crippen molar-refractivity contribution in [1.82, 2.24) is 4.90 Å². The standard InChI is InChI=1S/C22H17FN2O4/c1-29-22(28)19-17-16(18-15-5-3-2-4-12(15)10-11-24(18)19)20(26)25(21(17)27)14-8-6-13(23)7-9-14/h2-11,16-19H,1H3/t16-,17+,18-,19-/m0/s1. The van der Waals surface area contributed by atoms with Gasteiger partial charge in [0.05, 0.1) is 30.7 Å². The summed E-state index contributed by atoms with van der Waals surface area (Å²) < 4.78 is 18.3. The number of rotatable bonds is 2. The third kappa shape index (κ3) is 2.36. The van der Waals surface area contributed by atoms with E-state index in [1.807, 2.05) is 30.3 Å². The van der Waals surface area contributed by atoms with Crippen LogP contribution in [0.15, 0.2) is 54.7 Å². The van der Waals surface area contributed by atoms with Gasteiger partial charge in [-0.2, -0.15) is 0 Å². The summed E-state index contributed by atoms with van der Waals surface area (Å²) in [5, 5.41) is 0. The first-order valence-corrected chi connectivity index (χ1v) is 9.28. The molecule has 4 atom stereocenters. The highest BCUT2D eigenvalue weighted by molar-refractivity contribution is 6.23. The number of fused-ring (bicyclic) bond motifs is 5. The monoisotopic (exact) mass is 392 g/mol. The van der Waals surface area contributed by atoms with Crippen LogP contribution in [0.4, 0.5) is 10.1 Å². The summed E-state index contributed by atoms with van der Waals surface area (Å²) in [4.78, 5) is 42.2. The summed E-state index contributed by atoms with van der Waals surface area (Å²) in [7, 11) is 1.27. The molecule has 0 aromatic heterocycles. The number of benzene rings is 2. The summed E-state index contributed by atoms with van der Waals surface area (Å²) >= 11 is 0. The maximum atomic E-state index is 13.4. The molecule has 0 saturated carbocycles. The second-order valence-corrected chi connectivity index (χ2v) is 7.34. The van der Waals surface area contributed by atoms with Crippen LogP contribution in [-0.4, -0.2) is 35.8 Å². The molecule has 0 bridgehead atoms. The zero-order chi connectivity index (χ0) is 20.3. The van der Waals surface area contributed by atoms with E-state index in [-0.39, 0.29) is 0 Å². The molecular formula is C22H17FN2O4. The molecule has 0 N–H and O–H groups in total. The number of methoxy groups -OCH3 is 1. The van der Waals surface area contributed by atoms with E-state index in [1.165, 1.54) is 31.4 Å². The Morgan fingerprint density at radius 2 is 1.69 bits per heavy atom. The maximum Gasteiger partial charge on any atom is 0.329 e. The predicted molar refractivity (Wildman–Crippen MR) is 102 cm³/mol. The number of carbonyl (C=O) groups excluding carboxylic acids is 3. The van der Waals surface area contributed by atoms with E-state index in [0.29, 0.717) is 5.69 Å². The Morgan fingerprint density at radius 3 is 2.41 bits per heavy atom. The van der Waals surface area contributed by atoms with Crippen molar-refractivity contribution in [2.45, 2.75) is 12.1 Å². The minimum Gasteiger partial charge on any atom is -0.467 e. The summed E-state index contributed by atoms with van der Waals surface area (Å²) in [5.41, 5.74) is 2.13. The molecule has 2 aromatic rings. The lowest BCUT2D eigenvalue weighted by atomic mass is 9.84. The van der Waals surface area contributed by atoms with E-state index >= 15 is 0 Å². The van der Waals surface area contributed by atoms with Crippen LogP contribution in [0.5, 0.6) is 0 Å². The van der Waals surface area contributed by atoms with Gasteiger partial charge in [0, 0.05) is 6.20 Å². The van der Waals surface area contributed by atoms with Crippen LogP contribution in [0.2, 0.25) is 0 Å². The number of nitrogens with zero attached hydrogens (tertiary/aromatic N) is 2. The molecular weight excluding hydrogens is 375 g/mol. The minimum absolute atomic E-state index is 0.297. The number of anilines is 1. The molecule has 3 aliphatic heterocycles. The second kappa shape index (κ2) is 6.27. The molecule has 2 fully saturated rings. The van der Waals surface area contributed by atoms with Crippen LogP contribution in [0.25, 0.3) is 6.08 Å². The normalized spacial score (nSPS) is 27.0. The number of halogens is 1. The molecule has 2 aromatic carbocycles. The molecule has 6 nitrogen and oxygen atoms in total. The first-order chi connectivity index (χ1) is 14.0. The molecule has 0 aliphatic carbocycles. The molecule has 7 heteroatoms. The van der Waals surface area contributed by atoms with E-state index in [2.05, 4.69) is 0 Å². The smallest absolute Gasteiger partial charge is 0.329 e. The molecule has 0 radical (unpaired) electrons. The molecule has 0 unspecified atom stereocenters. The van der Waals surface area contributed by atoms with Crippen molar-refractivity contribution in [3.63, 3.8) is 0 Å². The first kappa shape index (κ1) is 17.6. The van der Waals surface area contributed by atoms with Gasteiger partial charge >= 0.3 is 5.97 Å². The van der Waals surface area contributed by atoms with Crippen LogP contribution in [0, 0.1) is 17.7 Å². The van der Waals surface area contributed by atoms with Crippen molar-refractivity contribution in [3.05, 3.63) is 71.7 Å². The van der Waals surface area contributed by atoms with Crippen LogP contribution in [-0.2, 0) is 19.1 Å². The van der Waals surface area contributed by atoms with Crippen molar-refractivity contribution >= 4 is 29.5 Å². The Hall–Kier alpha value is -3.48. The van der Waals surface area contributed by atoms with E-state index < -0.39 is 47.5 Å². The van der Waals surface area contributed by atoms with Gasteiger partial charge in [-0.15, -0.1) is 0 Å². The van der Waals surface area contributed by atoms with E-state index in [9.17, 15) is 18.8 Å². The summed E-state index contributed by atoms with van der Waals surface area (Å²) in [5.74, 6) is -3.49. The number of esters is 1. The summed E-state index contributed by atoms with van der Waals surface area (Å²) in [6, 6.07) is 11.4. The number of imide groups is 1. The number of hydrogen-bond acceptors (Lipinski definition) is 5. The Kier molecular flexibility index (Phi) is 3.81. The zero-order valence-corrected chi connectivity index (χ0v) is 15.5. The van der Waals surface area contributed by atoms with Crippen molar-refractivity contribution in [2.75, 3.05) is 12.0 Å². The van der Waals surface area contributed by atoms with E-state index in [0.717, 1.165) is 16.0 Å². The Balaban J connectivity index is 1.65. The Labute approximate surface area is 166 Å². The van der Waals surface area contributed by atoms with Gasteiger partial charge in [0.25, 0.3) is 0 Å². The highest BCUT2D eigenvalue weighted by Gasteiger charge is 2.65. The fourth-order valence-corrected chi connectivity index (χ4v) is 4.79. The van der Waals surface area contributed by atoms with Crippen LogP contribution >= 0.6 is 0 Å². The fourth-order valence-electron chi connectivity index (χ4n) is 4.79. The third-order valence-electron chi connectivity index (χ3n) is 5.99. The molecule has 2 amide bonds. The van der Waals surface area contributed by atoms with Gasteiger partial charge in [-0.3, -0.25) is 9.59 Å². The van der Waals surface area contributed by atoms with Crippen molar-refractivity contribution in [3.8, 4) is 0 Å². The molecule has 5 rings (SSSR count). The largest absolute Gasteiger partial charge is 0.467 e. The molecule has 3 aliphatic rings. The lowest BCUT2D eigenvalue weighted by Gasteiger charge is -2.34. The van der Waals surface area contributed by atoms with E-state index in [4.69, 9.17) is 4.74 Å². The highest BCUT2D eigenvalue weighted by atomic mass is 19.1. The van der Waals surface area contributed by atoms with Crippen molar-refractivity contribution in [2.24, 2.45) is 11.8 Å². The molecule has 29 heavy (non-hydrogen) atoms. The van der Waals surface area contributed by atoms with Gasteiger partial charge in [-0.25, -0.2) is 14.1 Å². The average Bonchev–Trinajstić information content (AvgIpc) is 3.21. The highest BCUT2D eigenvalue weighted by Crippen LogP contribution is 2.53. The SMILES string of the molecule is COC(=O)[C@@H]1[C@@H]2C(=O)N(c3ccc(F)cc3)C(=O)[C@@H]2[C@@H]2c3ccccc3C=CN12. The van der Waals surface area contributed by atoms with Crippen LogP contribution in [0.1, 0.15) is 17.2 Å². The van der Waals surface area contributed by atoms with Gasteiger partial charge in [0.1, 0.15) is 11.9 Å². The number of amides is 2. The Morgan fingerprint density at radius 1 is 1.00 bits per heavy atom. The number of ether oxygens (including phenoxy) is 1. The minimum atomic E-state index is -0.901. The molecule has 146 valence electrons. The van der Waals surface area contributed by atoms with Gasteiger partial charge < -0.3 is 9.64 Å². The zero-order valence-electron chi connectivity index (χ0n) is 15.5. The summed E-state index contributed by atoms with van der Waals surface area (Å²) in [6.07, 6.45) is 3.63.